The van der Waals surface area contributed by atoms with Gasteiger partial charge in [-0.2, -0.15) is 0 Å². The van der Waals surface area contributed by atoms with Crippen molar-refractivity contribution in [2.75, 3.05) is 11.5 Å². The number of nitrogen functional groups attached to an aromatic ring is 1. The van der Waals surface area contributed by atoms with Crippen molar-refractivity contribution in [2.24, 2.45) is 0 Å². The minimum absolute atomic E-state index is 0.0285. The Morgan fingerprint density at radius 1 is 1.42 bits per heavy atom. The Balaban J connectivity index is 2.22. The van der Waals surface area contributed by atoms with E-state index in [0.29, 0.717) is 10.6 Å². The summed E-state index contributed by atoms with van der Waals surface area (Å²) in [7, 11) is -3.35. The highest BCUT2D eigenvalue weighted by molar-refractivity contribution is 7.91. The molecular formula is C14H21NO3S. The molecule has 1 aromatic rings. The first-order chi connectivity index (χ1) is 8.70. The summed E-state index contributed by atoms with van der Waals surface area (Å²) < 4.78 is 30.6. The lowest BCUT2D eigenvalue weighted by Crippen LogP contribution is -2.25. The van der Waals surface area contributed by atoms with Crippen molar-refractivity contribution in [3.05, 3.63) is 23.8 Å². The van der Waals surface area contributed by atoms with Gasteiger partial charge in [-0.1, -0.05) is 6.07 Å². The van der Waals surface area contributed by atoms with Gasteiger partial charge < -0.3 is 10.5 Å². The maximum Gasteiger partial charge on any atom is 0.181 e. The molecule has 19 heavy (non-hydrogen) atoms. The molecule has 0 amide bonds. The average molecular weight is 283 g/mol. The second kappa shape index (κ2) is 4.80. The minimum Gasteiger partial charge on any atom is -0.399 e. The quantitative estimate of drug-likeness (QED) is 0.864. The van der Waals surface area contributed by atoms with Gasteiger partial charge in [-0.05, 0) is 51.3 Å². The third kappa shape index (κ3) is 3.28. The van der Waals surface area contributed by atoms with Gasteiger partial charge in [-0.15, -0.1) is 0 Å². The lowest BCUT2D eigenvalue weighted by Gasteiger charge is -2.19. The molecule has 0 bridgehead atoms. The number of hydrogen-bond acceptors (Lipinski definition) is 4. The summed E-state index contributed by atoms with van der Waals surface area (Å²) in [6.07, 6.45) is 1.46. The summed E-state index contributed by atoms with van der Waals surface area (Å²) >= 11 is 0. The standard InChI is InChI=1S/C14H21NO3S/c1-10-4-5-11(15)8-13(10)19(16,17)9-12-6-7-14(2,3)18-12/h4-5,8,12H,6-7,9,15H2,1-3H3. The molecule has 106 valence electrons. The van der Waals surface area contributed by atoms with Gasteiger partial charge in [0.05, 0.1) is 22.4 Å². The van der Waals surface area contributed by atoms with Gasteiger partial charge in [-0.3, -0.25) is 0 Å². The monoisotopic (exact) mass is 283 g/mol. The Morgan fingerprint density at radius 2 is 2.11 bits per heavy atom. The Kier molecular flexibility index (Phi) is 3.62. The predicted molar refractivity (Wildman–Crippen MR) is 75.8 cm³/mol. The fourth-order valence-corrected chi connectivity index (χ4v) is 4.26. The number of sulfone groups is 1. The van der Waals surface area contributed by atoms with Crippen molar-refractivity contribution in [1.82, 2.24) is 0 Å². The summed E-state index contributed by atoms with van der Waals surface area (Å²) in [5, 5.41) is 0. The van der Waals surface area contributed by atoms with E-state index in [1.807, 2.05) is 13.8 Å². The molecule has 1 aromatic carbocycles. The van der Waals surface area contributed by atoms with E-state index in [0.717, 1.165) is 18.4 Å². The molecule has 0 aliphatic carbocycles. The van der Waals surface area contributed by atoms with Crippen LogP contribution in [0.15, 0.2) is 23.1 Å². The van der Waals surface area contributed by atoms with Crippen molar-refractivity contribution >= 4 is 15.5 Å². The molecule has 2 N–H and O–H groups in total. The molecule has 1 aliphatic heterocycles. The molecule has 0 aromatic heterocycles. The second-order valence-electron chi connectivity index (χ2n) is 5.84. The molecule has 2 rings (SSSR count). The van der Waals surface area contributed by atoms with Crippen molar-refractivity contribution in [2.45, 2.75) is 50.2 Å². The highest BCUT2D eigenvalue weighted by Crippen LogP contribution is 2.31. The smallest absolute Gasteiger partial charge is 0.181 e. The molecule has 0 radical (unpaired) electrons. The van der Waals surface area contributed by atoms with Crippen LogP contribution in [0.25, 0.3) is 0 Å². The van der Waals surface area contributed by atoms with Gasteiger partial charge in [-0.25, -0.2) is 8.42 Å². The van der Waals surface area contributed by atoms with Crippen molar-refractivity contribution in [3.8, 4) is 0 Å². The zero-order valence-electron chi connectivity index (χ0n) is 11.6. The van der Waals surface area contributed by atoms with E-state index in [1.165, 1.54) is 6.07 Å². The third-order valence-electron chi connectivity index (χ3n) is 3.51. The number of rotatable bonds is 3. The number of ether oxygens (including phenoxy) is 1. The van der Waals surface area contributed by atoms with Gasteiger partial charge in [0.1, 0.15) is 0 Å². The van der Waals surface area contributed by atoms with E-state index >= 15 is 0 Å². The number of hydrogen-bond donors (Lipinski definition) is 1. The molecule has 1 heterocycles. The minimum atomic E-state index is -3.35. The van der Waals surface area contributed by atoms with Crippen LogP contribution < -0.4 is 5.73 Å². The fraction of sp³-hybridized carbons (Fsp3) is 0.571. The highest BCUT2D eigenvalue weighted by atomic mass is 32.2. The average Bonchev–Trinajstić information content (AvgIpc) is 2.60. The van der Waals surface area contributed by atoms with Crippen LogP contribution >= 0.6 is 0 Å². The normalized spacial score (nSPS) is 22.6. The summed E-state index contributed by atoms with van der Waals surface area (Å²) in [5.41, 5.74) is 6.66. The molecule has 1 atom stereocenters. The number of aryl methyl sites for hydroxylation is 1. The first-order valence-electron chi connectivity index (χ1n) is 6.46. The van der Waals surface area contributed by atoms with Crippen molar-refractivity contribution < 1.29 is 13.2 Å². The van der Waals surface area contributed by atoms with Crippen LogP contribution in [-0.2, 0) is 14.6 Å². The lowest BCUT2D eigenvalue weighted by molar-refractivity contribution is -0.00527. The van der Waals surface area contributed by atoms with Crippen molar-refractivity contribution in [1.29, 1.82) is 0 Å². The summed E-state index contributed by atoms with van der Waals surface area (Å²) in [6, 6.07) is 4.98. The van der Waals surface area contributed by atoms with E-state index in [4.69, 9.17) is 10.5 Å². The van der Waals surface area contributed by atoms with Gasteiger partial charge in [0.2, 0.25) is 0 Å². The Morgan fingerprint density at radius 3 is 2.68 bits per heavy atom. The fourth-order valence-electron chi connectivity index (χ4n) is 2.48. The SMILES string of the molecule is Cc1ccc(N)cc1S(=O)(=O)CC1CCC(C)(C)O1. The summed E-state index contributed by atoms with van der Waals surface area (Å²) in [4.78, 5) is 0.320. The molecule has 0 spiro atoms. The van der Waals surface area contributed by atoms with Crippen LogP contribution in [0.4, 0.5) is 5.69 Å². The Labute approximate surface area is 114 Å². The van der Waals surface area contributed by atoms with Gasteiger partial charge in [0, 0.05) is 5.69 Å². The van der Waals surface area contributed by atoms with Gasteiger partial charge in [0.15, 0.2) is 9.84 Å². The Hall–Kier alpha value is -1.07. The maximum absolute atomic E-state index is 12.4. The van der Waals surface area contributed by atoms with Crippen LogP contribution in [0.2, 0.25) is 0 Å². The van der Waals surface area contributed by atoms with E-state index in [2.05, 4.69) is 0 Å². The molecule has 1 saturated heterocycles. The molecule has 0 saturated carbocycles. The predicted octanol–water partition coefficient (Wildman–Crippen LogP) is 2.31. The topological polar surface area (TPSA) is 69.4 Å². The maximum atomic E-state index is 12.4. The van der Waals surface area contributed by atoms with Gasteiger partial charge in [0.25, 0.3) is 0 Å². The number of anilines is 1. The lowest BCUT2D eigenvalue weighted by atomic mass is 10.1. The Bertz CT molecular complexity index is 578. The number of benzene rings is 1. The molecular weight excluding hydrogens is 262 g/mol. The summed E-state index contributed by atoms with van der Waals surface area (Å²) in [5.74, 6) is 0.0285. The van der Waals surface area contributed by atoms with E-state index in [-0.39, 0.29) is 17.5 Å². The highest BCUT2D eigenvalue weighted by Gasteiger charge is 2.35. The van der Waals surface area contributed by atoms with Crippen LogP contribution in [0.1, 0.15) is 32.3 Å². The zero-order chi connectivity index (χ0) is 14.3. The molecule has 4 nitrogen and oxygen atoms in total. The first kappa shape index (κ1) is 14.3. The molecule has 5 heteroatoms. The third-order valence-corrected chi connectivity index (χ3v) is 5.43. The second-order valence-corrected chi connectivity index (χ2v) is 7.85. The van der Waals surface area contributed by atoms with Crippen LogP contribution in [0.3, 0.4) is 0 Å². The molecule has 1 unspecified atom stereocenters. The summed E-state index contributed by atoms with van der Waals surface area (Å²) in [6.45, 7) is 5.77. The molecule has 1 aliphatic rings. The zero-order valence-corrected chi connectivity index (χ0v) is 12.5. The number of nitrogens with two attached hydrogens (primary N) is 1. The molecule has 1 fully saturated rings. The van der Waals surface area contributed by atoms with Crippen LogP contribution in [0, 0.1) is 6.92 Å². The van der Waals surface area contributed by atoms with E-state index < -0.39 is 9.84 Å². The van der Waals surface area contributed by atoms with Crippen LogP contribution in [-0.4, -0.2) is 25.9 Å². The van der Waals surface area contributed by atoms with E-state index in [9.17, 15) is 8.42 Å². The van der Waals surface area contributed by atoms with Crippen molar-refractivity contribution in [3.63, 3.8) is 0 Å². The van der Waals surface area contributed by atoms with Crippen LogP contribution in [0.5, 0.6) is 0 Å². The van der Waals surface area contributed by atoms with Gasteiger partial charge >= 0.3 is 0 Å². The largest absolute Gasteiger partial charge is 0.399 e. The first-order valence-corrected chi connectivity index (χ1v) is 8.11. The van der Waals surface area contributed by atoms with E-state index in [1.54, 1.807) is 19.1 Å².